The Hall–Kier alpha value is -3.43. The van der Waals surface area contributed by atoms with E-state index in [2.05, 4.69) is 16.4 Å². The number of nitrogens with zero attached hydrogens (tertiary/aromatic N) is 1. The van der Waals surface area contributed by atoms with Crippen molar-refractivity contribution in [2.24, 2.45) is 11.8 Å². The van der Waals surface area contributed by atoms with E-state index in [1.807, 2.05) is 24.4 Å². The minimum Gasteiger partial charge on any atom is -0.457 e. The van der Waals surface area contributed by atoms with Gasteiger partial charge in [0.2, 0.25) is 0 Å². The van der Waals surface area contributed by atoms with E-state index in [-0.39, 0.29) is 23.7 Å². The molecule has 1 heterocycles. The minimum atomic E-state index is -0.335. The summed E-state index contributed by atoms with van der Waals surface area (Å²) in [5, 5.41) is 13.5. The molecule has 31 heavy (non-hydrogen) atoms. The number of ketones is 1. The van der Waals surface area contributed by atoms with Crippen molar-refractivity contribution in [3.63, 3.8) is 0 Å². The molecule has 0 aliphatic heterocycles. The molecule has 1 unspecified atom stereocenters. The number of likely N-dealkylation sites (N-methyl/N-ethyl adjacent to an activating group) is 1. The van der Waals surface area contributed by atoms with Gasteiger partial charge in [-0.05, 0) is 74.3 Å². The second-order valence-corrected chi connectivity index (χ2v) is 8.03. The SMILES string of the molecule is CN[C@@H](Cc1c[nH]c2ccc(Oc3ccc(C=O)cc3)cc12)C(=O)C1CCC[C@@H]1C#N. The molecule has 0 amide bonds. The standard InChI is InChI=1S/C25H25N3O3/c1-27-24(25(30)21-4-2-3-17(21)13-26)11-18-14-28-23-10-9-20(12-22(18)23)31-19-7-5-16(15-29)6-8-19/h5-10,12,14-15,17,21,24,27-28H,2-4,11H2,1H3/t17-,21?,24+/m1/s1. The fourth-order valence-corrected chi connectivity index (χ4v) is 4.42. The molecule has 0 radical (unpaired) electrons. The van der Waals surface area contributed by atoms with Crippen LogP contribution in [0.15, 0.2) is 48.7 Å². The third-order valence-corrected chi connectivity index (χ3v) is 6.15. The van der Waals surface area contributed by atoms with Crippen molar-refractivity contribution in [3.8, 4) is 17.6 Å². The van der Waals surface area contributed by atoms with Gasteiger partial charge in [-0.15, -0.1) is 0 Å². The highest BCUT2D eigenvalue weighted by molar-refractivity contribution is 5.89. The number of Topliss-reactive ketones (excluding diaryl/α,β-unsaturated/α-hetero) is 1. The number of H-pyrrole nitrogens is 1. The van der Waals surface area contributed by atoms with E-state index >= 15 is 0 Å². The molecule has 1 aliphatic rings. The number of fused-ring (bicyclic) bond motifs is 1. The van der Waals surface area contributed by atoms with Crippen molar-refractivity contribution in [1.82, 2.24) is 10.3 Å². The molecule has 1 aromatic heterocycles. The number of carbonyl (C=O) groups is 2. The Bertz CT molecular complexity index is 1130. The molecular weight excluding hydrogens is 390 g/mol. The maximum absolute atomic E-state index is 13.1. The molecule has 1 saturated carbocycles. The van der Waals surface area contributed by atoms with Crippen molar-refractivity contribution in [1.29, 1.82) is 5.26 Å². The van der Waals surface area contributed by atoms with Gasteiger partial charge in [-0.1, -0.05) is 6.42 Å². The van der Waals surface area contributed by atoms with E-state index in [0.717, 1.165) is 42.0 Å². The number of aldehydes is 1. The smallest absolute Gasteiger partial charge is 0.154 e. The highest BCUT2D eigenvalue weighted by atomic mass is 16.5. The van der Waals surface area contributed by atoms with Crippen LogP contribution in [0.25, 0.3) is 10.9 Å². The highest BCUT2D eigenvalue weighted by Crippen LogP contribution is 2.34. The van der Waals surface area contributed by atoms with Crippen molar-refractivity contribution < 1.29 is 14.3 Å². The molecule has 0 saturated heterocycles. The molecule has 1 aliphatic carbocycles. The van der Waals surface area contributed by atoms with Crippen LogP contribution < -0.4 is 10.1 Å². The van der Waals surface area contributed by atoms with Gasteiger partial charge in [-0.3, -0.25) is 9.59 Å². The summed E-state index contributed by atoms with van der Waals surface area (Å²) in [5.74, 6) is 1.11. The average Bonchev–Trinajstić information content (AvgIpc) is 3.44. The number of carbonyl (C=O) groups excluding carboxylic acids is 2. The van der Waals surface area contributed by atoms with Gasteiger partial charge in [0.1, 0.15) is 17.8 Å². The molecule has 2 N–H and O–H groups in total. The van der Waals surface area contributed by atoms with Gasteiger partial charge >= 0.3 is 0 Å². The Balaban J connectivity index is 1.54. The number of nitrogens with one attached hydrogen (secondary N) is 2. The zero-order valence-corrected chi connectivity index (χ0v) is 17.4. The number of aromatic nitrogens is 1. The zero-order valence-electron chi connectivity index (χ0n) is 17.4. The number of ether oxygens (including phenoxy) is 1. The van der Waals surface area contributed by atoms with Gasteiger partial charge < -0.3 is 15.0 Å². The van der Waals surface area contributed by atoms with E-state index in [1.54, 1.807) is 31.3 Å². The highest BCUT2D eigenvalue weighted by Gasteiger charge is 2.36. The van der Waals surface area contributed by atoms with E-state index < -0.39 is 0 Å². The van der Waals surface area contributed by atoms with Gasteiger partial charge in [0.15, 0.2) is 5.78 Å². The van der Waals surface area contributed by atoms with Crippen molar-refractivity contribution in [2.45, 2.75) is 31.7 Å². The number of aromatic amines is 1. The lowest BCUT2D eigenvalue weighted by Crippen LogP contribution is -2.40. The largest absolute Gasteiger partial charge is 0.457 e. The van der Waals surface area contributed by atoms with Crippen molar-refractivity contribution in [3.05, 3.63) is 59.8 Å². The van der Waals surface area contributed by atoms with Crippen molar-refractivity contribution in [2.75, 3.05) is 7.05 Å². The van der Waals surface area contributed by atoms with Crippen molar-refractivity contribution >= 4 is 23.0 Å². The summed E-state index contributed by atoms with van der Waals surface area (Å²) in [4.78, 5) is 27.2. The van der Waals surface area contributed by atoms with Gasteiger partial charge in [-0.2, -0.15) is 5.26 Å². The van der Waals surface area contributed by atoms with Gasteiger partial charge in [0.05, 0.1) is 18.0 Å². The molecule has 3 aromatic rings. The summed E-state index contributed by atoms with van der Waals surface area (Å²) in [6, 6.07) is 14.7. The first-order valence-electron chi connectivity index (χ1n) is 10.6. The molecule has 6 nitrogen and oxygen atoms in total. The van der Waals surface area contributed by atoms with Crippen LogP contribution in [0.4, 0.5) is 0 Å². The second kappa shape index (κ2) is 9.15. The molecule has 6 heteroatoms. The van der Waals surface area contributed by atoms with Crippen LogP contribution in [-0.4, -0.2) is 30.1 Å². The Labute approximate surface area is 181 Å². The van der Waals surface area contributed by atoms with Gasteiger partial charge in [0, 0.05) is 28.6 Å². The predicted octanol–water partition coefficient (Wildman–Crippen LogP) is 4.41. The number of hydrogen-bond donors (Lipinski definition) is 2. The summed E-state index contributed by atoms with van der Waals surface area (Å²) < 4.78 is 5.95. The summed E-state index contributed by atoms with van der Waals surface area (Å²) in [6.07, 6.45) is 5.82. The van der Waals surface area contributed by atoms with Crippen LogP contribution in [0, 0.1) is 23.2 Å². The van der Waals surface area contributed by atoms with E-state index in [4.69, 9.17) is 4.74 Å². The maximum atomic E-state index is 13.1. The number of rotatable bonds is 8. The van der Waals surface area contributed by atoms with E-state index in [9.17, 15) is 14.9 Å². The first kappa shape index (κ1) is 20.8. The lowest BCUT2D eigenvalue weighted by atomic mass is 9.87. The number of nitriles is 1. The van der Waals surface area contributed by atoms with E-state index in [0.29, 0.717) is 23.5 Å². The lowest BCUT2D eigenvalue weighted by molar-refractivity contribution is -0.125. The predicted molar refractivity (Wildman–Crippen MR) is 118 cm³/mol. The molecule has 0 bridgehead atoms. The molecule has 4 rings (SSSR count). The fraction of sp³-hybridized carbons (Fsp3) is 0.320. The van der Waals surface area contributed by atoms with Crippen LogP contribution in [0.1, 0.15) is 35.2 Å². The normalized spacial score (nSPS) is 19.1. The van der Waals surface area contributed by atoms with Crippen LogP contribution >= 0.6 is 0 Å². The molecule has 0 spiro atoms. The minimum absolute atomic E-state index is 0.128. The monoisotopic (exact) mass is 415 g/mol. The maximum Gasteiger partial charge on any atom is 0.154 e. The van der Waals surface area contributed by atoms with Gasteiger partial charge in [-0.25, -0.2) is 0 Å². The third-order valence-electron chi connectivity index (χ3n) is 6.15. The molecule has 2 aromatic carbocycles. The quantitative estimate of drug-likeness (QED) is 0.531. The molecule has 1 fully saturated rings. The lowest BCUT2D eigenvalue weighted by Gasteiger charge is -2.20. The Kier molecular flexibility index (Phi) is 6.15. The van der Waals surface area contributed by atoms with Crippen LogP contribution in [0.5, 0.6) is 11.5 Å². The fourth-order valence-electron chi connectivity index (χ4n) is 4.42. The first-order chi connectivity index (χ1) is 15.1. The second-order valence-electron chi connectivity index (χ2n) is 8.03. The Morgan fingerprint density at radius 1 is 1.26 bits per heavy atom. The van der Waals surface area contributed by atoms with Crippen LogP contribution in [0.3, 0.4) is 0 Å². The summed E-state index contributed by atoms with van der Waals surface area (Å²) >= 11 is 0. The summed E-state index contributed by atoms with van der Waals surface area (Å²) in [7, 11) is 1.80. The number of hydrogen-bond acceptors (Lipinski definition) is 5. The summed E-state index contributed by atoms with van der Waals surface area (Å²) in [6.45, 7) is 0. The Morgan fingerprint density at radius 3 is 2.74 bits per heavy atom. The molecule has 158 valence electrons. The summed E-state index contributed by atoms with van der Waals surface area (Å²) in [5.41, 5.74) is 2.59. The van der Waals surface area contributed by atoms with Gasteiger partial charge in [0.25, 0.3) is 0 Å². The Morgan fingerprint density at radius 2 is 2.03 bits per heavy atom. The third kappa shape index (κ3) is 4.37. The number of benzene rings is 2. The van der Waals surface area contributed by atoms with E-state index in [1.165, 1.54) is 0 Å². The average molecular weight is 415 g/mol. The first-order valence-corrected chi connectivity index (χ1v) is 10.6. The zero-order chi connectivity index (χ0) is 21.8. The van der Waals surface area contributed by atoms with Crippen LogP contribution in [-0.2, 0) is 11.2 Å². The molecular formula is C25H25N3O3. The molecule has 3 atom stereocenters. The topological polar surface area (TPSA) is 95.0 Å². The van der Waals surface area contributed by atoms with Crippen LogP contribution in [0.2, 0.25) is 0 Å².